The number of methoxy groups -OCH3 is 1. The van der Waals surface area contributed by atoms with Crippen LogP contribution in [0.25, 0.3) is 0 Å². The topological polar surface area (TPSA) is 71.7 Å². The molecule has 0 atom stereocenters. The SMILES string of the molecule is COCCC1(CN=C(NN)Nc2ccccc2)CC1. The predicted octanol–water partition coefficient (Wildman–Crippen LogP) is 1.73. The van der Waals surface area contributed by atoms with E-state index >= 15 is 0 Å². The first kappa shape index (κ1) is 13.8. The fraction of sp³-hybridized carbons (Fsp3) is 0.500. The van der Waals surface area contributed by atoms with E-state index in [1.54, 1.807) is 7.11 Å². The highest BCUT2D eigenvalue weighted by atomic mass is 16.5. The Morgan fingerprint density at radius 1 is 1.37 bits per heavy atom. The van der Waals surface area contributed by atoms with E-state index in [2.05, 4.69) is 15.7 Å². The average molecular weight is 262 g/mol. The van der Waals surface area contributed by atoms with Gasteiger partial charge >= 0.3 is 0 Å². The summed E-state index contributed by atoms with van der Waals surface area (Å²) in [6, 6.07) is 9.87. The predicted molar refractivity (Wildman–Crippen MR) is 77.8 cm³/mol. The number of hydrogen-bond acceptors (Lipinski definition) is 3. The zero-order valence-electron chi connectivity index (χ0n) is 11.4. The molecule has 0 radical (unpaired) electrons. The van der Waals surface area contributed by atoms with Crippen molar-refractivity contribution >= 4 is 11.6 Å². The van der Waals surface area contributed by atoms with Crippen molar-refractivity contribution in [2.45, 2.75) is 19.3 Å². The van der Waals surface area contributed by atoms with E-state index in [9.17, 15) is 0 Å². The van der Waals surface area contributed by atoms with Crippen molar-refractivity contribution in [3.8, 4) is 0 Å². The zero-order chi connectivity index (χ0) is 13.6. The molecule has 0 unspecified atom stereocenters. The van der Waals surface area contributed by atoms with Gasteiger partial charge in [0.05, 0.1) is 0 Å². The number of nitrogens with two attached hydrogens (primary N) is 1. The first-order valence-electron chi connectivity index (χ1n) is 6.60. The summed E-state index contributed by atoms with van der Waals surface area (Å²) in [5.74, 6) is 6.11. The maximum absolute atomic E-state index is 5.50. The second kappa shape index (κ2) is 6.54. The fourth-order valence-corrected chi connectivity index (χ4v) is 2.01. The number of anilines is 1. The lowest BCUT2D eigenvalue weighted by Gasteiger charge is -2.14. The van der Waals surface area contributed by atoms with E-state index in [4.69, 9.17) is 10.6 Å². The maximum atomic E-state index is 5.50. The average Bonchev–Trinajstić information content (AvgIpc) is 3.23. The van der Waals surface area contributed by atoms with Crippen molar-refractivity contribution in [2.75, 3.05) is 25.6 Å². The van der Waals surface area contributed by atoms with Crippen molar-refractivity contribution < 1.29 is 4.74 Å². The lowest BCUT2D eigenvalue weighted by molar-refractivity contribution is 0.174. The molecule has 0 spiro atoms. The van der Waals surface area contributed by atoms with Gasteiger partial charge in [-0.05, 0) is 36.8 Å². The van der Waals surface area contributed by atoms with Gasteiger partial charge in [-0.15, -0.1) is 0 Å². The highest BCUT2D eigenvalue weighted by Crippen LogP contribution is 2.48. The van der Waals surface area contributed by atoms with E-state index in [1.807, 2.05) is 30.3 Å². The Bertz CT molecular complexity index is 415. The van der Waals surface area contributed by atoms with Crippen LogP contribution in [0.5, 0.6) is 0 Å². The largest absolute Gasteiger partial charge is 0.385 e. The standard InChI is InChI=1S/C14H22N4O/c1-19-10-9-14(7-8-14)11-16-13(18-15)17-12-5-3-2-4-6-12/h2-6H,7-11,15H2,1H3,(H2,16,17,18). The second-order valence-electron chi connectivity index (χ2n) is 5.04. The lowest BCUT2D eigenvalue weighted by atomic mass is 10.0. The molecule has 1 aliphatic carbocycles. The molecule has 0 saturated heterocycles. The molecule has 1 aromatic carbocycles. The van der Waals surface area contributed by atoms with Gasteiger partial charge in [0.1, 0.15) is 0 Å². The quantitative estimate of drug-likeness (QED) is 0.316. The van der Waals surface area contributed by atoms with E-state index in [0.29, 0.717) is 11.4 Å². The summed E-state index contributed by atoms with van der Waals surface area (Å²) in [5.41, 5.74) is 3.92. The number of ether oxygens (including phenoxy) is 1. The first-order chi connectivity index (χ1) is 9.28. The van der Waals surface area contributed by atoms with Gasteiger partial charge in [0.25, 0.3) is 0 Å². The molecule has 0 bridgehead atoms. The van der Waals surface area contributed by atoms with Gasteiger partial charge in [-0.1, -0.05) is 18.2 Å². The van der Waals surface area contributed by atoms with Crippen molar-refractivity contribution in [1.29, 1.82) is 0 Å². The van der Waals surface area contributed by atoms with E-state index < -0.39 is 0 Å². The minimum absolute atomic E-state index is 0.330. The summed E-state index contributed by atoms with van der Waals surface area (Å²) in [6.07, 6.45) is 3.52. The highest BCUT2D eigenvalue weighted by molar-refractivity contribution is 5.93. The third kappa shape index (κ3) is 4.22. The Labute approximate surface area is 114 Å². The first-order valence-corrected chi connectivity index (χ1v) is 6.60. The monoisotopic (exact) mass is 262 g/mol. The molecule has 1 aromatic rings. The van der Waals surface area contributed by atoms with Crippen LogP contribution in [-0.2, 0) is 4.74 Å². The van der Waals surface area contributed by atoms with Gasteiger partial charge in [-0.25, -0.2) is 5.84 Å². The van der Waals surface area contributed by atoms with Crippen LogP contribution >= 0.6 is 0 Å². The molecule has 0 aliphatic heterocycles. The fourth-order valence-electron chi connectivity index (χ4n) is 2.01. The van der Waals surface area contributed by atoms with Gasteiger partial charge in [0.15, 0.2) is 0 Å². The third-order valence-electron chi connectivity index (χ3n) is 3.54. The number of hydrazine groups is 1. The molecule has 1 saturated carbocycles. The van der Waals surface area contributed by atoms with Crippen LogP contribution < -0.4 is 16.6 Å². The van der Waals surface area contributed by atoms with Crippen molar-refractivity contribution in [3.63, 3.8) is 0 Å². The normalized spacial score (nSPS) is 17.1. The molecule has 104 valence electrons. The number of nitrogens with one attached hydrogen (secondary N) is 2. The van der Waals surface area contributed by atoms with Crippen LogP contribution in [0.2, 0.25) is 0 Å². The van der Waals surface area contributed by atoms with Crippen LogP contribution in [0.3, 0.4) is 0 Å². The van der Waals surface area contributed by atoms with E-state index in [1.165, 1.54) is 12.8 Å². The molecule has 0 amide bonds. The number of hydrogen-bond donors (Lipinski definition) is 3. The van der Waals surface area contributed by atoms with Gasteiger partial charge in [0.2, 0.25) is 5.96 Å². The second-order valence-corrected chi connectivity index (χ2v) is 5.04. The molecule has 0 aromatic heterocycles. The van der Waals surface area contributed by atoms with Gasteiger partial charge < -0.3 is 10.1 Å². The van der Waals surface area contributed by atoms with E-state index in [0.717, 1.165) is 25.3 Å². The van der Waals surface area contributed by atoms with Crippen LogP contribution in [0.1, 0.15) is 19.3 Å². The van der Waals surface area contributed by atoms with Crippen molar-refractivity contribution in [3.05, 3.63) is 30.3 Å². The molecule has 19 heavy (non-hydrogen) atoms. The van der Waals surface area contributed by atoms with E-state index in [-0.39, 0.29) is 0 Å². The van der Waals surface area contributed by atoms with Crippen LogP contribution in [0, 0.1) is 5.41 Å². The smallest absolute Gasteiger partial charge is 0.210 e. The minimum Gasteiger partial charge on any atom is -0.385 e. The summed E-state index contributed by atoms with van der Waals surface area (Å²) in [4.78, 5) is 4.54. The number of rotatable bonds is 6. The number of guanidine groups is 1. The van der Waals surface area contributed by atoms with Crippen molar-refractivity contribution in [2.24, 2.45) is 16.3 Å². The summed E-state index contributed by atoms with van der Waals surface area (Å²) >= 11 is 0. The van der Waals surface area contributed by atoms with Gasteiger partial charge in [0, 0.05) is 25.9 Å². The van der Waals surface area contributed by atoms with Gasteiger partial charge in [-0.3, -0.25) is 10.4 Å². The Hall–Kier alpha value is -1.59. The molecule has 2 rings (SSSR count). The Balaban J connectivity index is 1.89. The molecular weight excluding hydrogens is 240 g/mol. The number of benzene rings is 1. The van der Waals surface area contributed by atoms with Gasteiger partial charge in [-0.2, -0.15) is 0 Å². The summed E-state index contributed by atoms with van der Waals surface area (Å²) in [6.45, 7) is 1.59. The molecule has 1 fully saturated rings. The van der Waals surface area contributed by atoms with Crippen LogP contribution in [-0.4, -0.2) is 26.2 Å². The molecule has 5 nitrogen and oxygen atoms in total. The Kier molecular flexibility index (Phi) is 4.76. The maximum Gasteiger partial charge on any atom is 0.210 e. The number of nitrogens with zero attached hydrogens (tertiary/aromatic N) is 1. The molecule has 4 N–H and O–H groups in total. The lowest BCUT2D eigenvalue weighted by Crippen LogP contribution is -2.36. The summed E-state index contributed by atoms with van der Waals surface area (Å²) < 4.78 is 5.14. The highest BCUT2D eigenvalue weighted by Gasteiger charge is 2.41. The number of para-hydroxylation sites is 1. The molecule has 5 heteroatoms. The van der Waals surface area contributed by atoms with Crippen molar-refractivity contribution in [1.82, 2.24) is 5.43 Å². The third-order valence-corrected chi connectivity index (χ3v) is 3.54. The minimum atomic E-state index is 0.330. The molecular formula is C14H22N4O. The van der Waals surface area contributed by atoms with Crippen LogP contribution in [0.4, 0.5) is 5.69 Å². The Morgan fingerprint density at radius 2 is 2.11 bits per heavy atom. The zero-order valence-corrected chi connectivity index (χ0v) is 11.4. The molecule has 0 heterocycles. The number of aliphatic imine (C=N–C) groups is 1. The summed E-state index contributed by atoms with van der Waals surface area (Å²) in [7, 11) is 1.74. The molecule has 1 aliphatic rings. The Morgan fingerprint density at radius 3 is 2.68 bits per heavy atom. The van der Waals surface area contributed by atoms with Crippen LogP contribution in [0.15, 0.2) is 35.3 Å². The summed E-state index contributed by atoms with van der Waals surface area (Å²) in [5, 5.41) is 3.17.